The maximum absolute atomic E-state index is 10.9. The second-order valence-electron chi connectivity index (χ2n) is 6.71. The molecule has 2 aromatic rings. The highest BCUT2D eigenvalue weighted by atomic mass is 16.8. The molecule has 0 radical (unpaired) electrons. The molecule has 1 N–H and O–H groups in total. The van der Waals surface area contributed by atoms with Crippen LogP contribution in [0.3, 0.4) is 0 Å². The molecule has 1 unspecified atom stereocenters. The predicted octanol–water partition coefficient (Wildman–Crippen LogP) is 2.42. The Labute approximate surface area is 158 Å². The Morgan fingerprint density at radius 1 is 1.00 bits per heavy atom. The lowest BCUT2D eigenvalue weighted by Crippen LogP contribution is -2.62. The average molecular weight is 372 g/mol. The zero-order valence-corrected chi connectivity index (χ0v) is 15.1. The summed E-state index contributed by atoms with van der Waals surface area (Å²) in [5, 5.41) is 10.9. The molecular formula is C21H24O6. The average Bonchev–Trinajstić information content (AvgIpc) is 2.74. The van der Waals surface area contributed by atoms with Gasteiger partial charge >= 0.3 is 0 Å². The first kappa shape index (κ1) is 18.6. The minimum absolute atomic E-state index is 0.312. The van der Waals surface area contributed by atoms with Gasteiger partial charge in [0, 0.05) is 12.7 Å². The fourth-order valence-electron chi connectivity index (χ4n) is 3.48. The van der Waals surface area contributed by atoms with E-state index in [1.165, 1.54) is 7.11 Å². The Morgan fingerprint density at radius 2 is 1.70 bits per heavy atom. The van der Waals surface area contributed by atoms with Gasteiger partial charge in [-0.15, -0.1) is 0 Å². The first-order valence-corrected chi connectivity index (χ1v) is 9.10. The van der Waals surface area contributed by atoms with E-state index >= 15 is 0 Å². The van der Waals surface area contributed by atoms with E-state index in [2.05, 4.69) is 0 Å². The van der Waals surface area contributed by atoms with Crippen molar-refractivity contribution in [3.05, 3.63) is 71.8 Å². The summed E-state index contributed by atoms with van der Waals surface area (Å²) in [5.41, 5.74) is 1.91. The van der Waals surface area contributed by atoms with Crippen LogP contribution in [0.4, 0.5) is 0 Å². The van der Waals surface area contributed by atoms with Crippen molar-refractivity contribution in [1.82, 2.24) is 0 Å². The van der Waals surface area contributed by atoms with Gasteiger partial charge in [0.2, 0.25) is 0 Å². The number of hydrogen-bond donors (Lipinski definition) is 1. The minimum Gasteiger partial charge on any atom is -0.387 e. The Hall–Kier alpha value is -1.80. The van der Waals surface area contributed by atoms with Crippen LogP contribution in [0.5, 0.6) is 0 Å². The van der Waals surface area contributed by atoms with E-state index in [1.807, 2.05) is 60.7 Å². The molecule has 4 rings (SSSR count). The van der Waals surface area contributed by atoms with E-state index in [-0.39, 0.29) is 0 Å². The van der Waals surface area contributed by atoms with E-state index in [0.29, 0.717) is 13.2 Å². The van der Waals surface area contributed by atoms with Gasteiger partial charge in [-0.25, -0.2) is 0 Å². The molecule has 6 heteroatoms. The summed E-state index contributed by atoms with van der Waals surface area (Å²) in [6, 6.07) is 19.4. The third-order valence-corrected chi connectivity index (χ3v) is 4.90. The topological polar surface area (TPSA) is 66.4 Å². The van der Waals surface area contributed by atoms with Crippen LogP contribution >= 0.6 is 0 Å². The molecule has 2 fully saturated rings. The number of aliphatic hydroxyl groups excluding tert-OH is 1. The van der Waals surface area contributed by atoms with E-state index in [0.717, 1.165) is 11.1 Å². The van der Waals surface area contributed by atoms with Gasteiger partial charge in [0.15, 0.2) is 12.6 Å². The quantitative estimate of drug-likeness (QED) is 0.870. The second-order valence-corrected chi connectivity index (χ2v) is 6.71. The molecule has 0 bridgehead atoms. The molecule has 2 heterocycles. The van der Waals surface area contributed by atoms with E-state index < -0.39 is 37.0 Å². The van der Waals surface area contributed by atoms with Crippen LogP contribution in [0.1, 0.15) is 17.4 Å². The number of methoxy groups -OCH3 is 1. The second kappa shape index (κ2) is 8.48. The minimum atomic E-state index is -0.896. The molecule has 2 aliphatic rings. The van der Waals surface area contributed by atoms with Gasteiger partial charge in [-0.2, -0.15) is 0 Å². The summed E-state index contributed by atoms with van der Waals surface area (Å²) in [7, 11) is 1.54. The summed E-state index contributed by atoms with van der Waals surface area (Å²) < 4.78 is 29.1. The van der Waals surface area contributed by atoms with Crippen LogP contribution in [-0.4, -0.2) is 49.5 Å². The van der Waals surface area contributed by atoms with Crippen molar-refractivity contribution in [2.24, 2.45) is 0 Å². The number of benzene rings is 2. The van der Waals surface area contributed by atoms with Crippen LogP contribution in [0.15, 0.2) is 60.7 Å². The number of hydrogen-bond acceptors (Lipinski definition) is 6. The number of fused-ring (bicyclic) bond motifs is 1. The highest BCUT2D eigenvalue weighted by Gasteiger charge is 2.50. The Kier molecular flexibility index (Phi) is 5.83. The van der Waals surface area contributed by atoms with E-state index in [4.69, 9.17) is 23.7 Å². The Morgan fingerprint density at radius 3 is 2.41 bits per heavy atom. The molecule has 144 valence electrons. The predicted molar refractivity (Wildman–Crippen MR) is 96.7 cm³/mol. The number of aliphatic hydroxyl groups is 1. The van der Waals surface area contributed by atoms with E-state index in [1.54, 1.807) is 0 Å². The first-order chi connectivity index (χ1) is 13.3. The van der Waals surface area contributed by atoms with Gasteiger partial charge in [0.05, 0.1) is 13.2 Å². The number of ether oxygens (including phenoxy) is 5. The molecular weight excluding hydrogens is 348 g/mol. The van der Waals surface area contributed by atoms with Crippen LogP contribution in [0, 0.1) is 0 Å². The summed E-state index contributed by atoms with van der Waals surface area (Å²) in [6.07, 6.45) is -3.76. The van der Waals surface area contributed by atoms with Crippen molar-refractivity contribution in [2.75, 3.05) is 13.7 Å². The monoisotopic (exact) mass is 372 g/mol. The summed E-state index contributed by atoms with van der Waals surface area (Å²) in [4.78, 5) is 0. The van der Waals surface area contributed by atoms with Gasteiger partial charge in [0.25, 0.3) is 0 Å². The standard InChI is InChI=1S/C21H24O6/c1-23-21-19(24-12-14-8-4-2-5-9-14)17(22)18-16(26-21)13-25-20(27-18)15-10-6-3-7-11-15/h2-11,16-22H,12-13H2,1H3/t16-,17+,18+,19-,20?,21-/m1/s1. The highest BCUT2D eigenvalue weighted by molar-refractivity contribution is 5.17. The summed E-state index contributed by atoms with van der Waals surface area (Å²) in [5.74, 6) is 0. The van der Waals surface area contributed by atoms with Crippen molar-refractivity contribution in [2.45, 2.75) is 43.6 Å². The highest BCUT2D eigenvalue weighted by Crippen LogP contribution is 2.35. The molecule has 0 aliphatic carbocycles. The molecule has 2 aromatic carbocycles. The van der Waals surface area contributed by atoms with Gasteiger partial charge < -0.3 is 28.8 Å². The van der Waals surface area contributed by atoms with Crippen molar-refractivity contribution >= 4 is 0 Å². The van der Waals surface area contributed by atoms with Crippen LogP contribution in [0.25, 0.3) is 0 Å². The van der Waals surface area contributed by atoms with Crippen molar-refractivity contribution in [3.8, 4) is 0 Å². The van der Waals surface area contributed by atoms with E-state index in [9.17, 15) is 5.11 Å². The smallest absolute Gasteiger partial charge is 0.186 e. The maximum Gasteiger partial charge on any atom is 0.186 e. The van der Waals surface area contributed by atoms with Crippen molar-refractivity contribution in [3.63, 3.8) is 0 Å². The van der Waals surface area contributed by atoms with Gasteiger partial charge in [-0.05, 0) is 5.56 Å². The molecule has 0 spiro atoms. The third-order valence-electron chi connectivity index (χ3n) is 4.90. The molecule has 27 heavy (non-hydrogen) atoms. The van der Waals surface area contributed by atoms with Crippen molar-refractivity contribution < 1.29 is 28.8 Å². The lowest BCUT2D eigenvalue weighted by Gasteiger charge is -2.47. The fourth-order valence-corrected chi connectivity index (χ4v) is 3.48. The molecule has 0 amide bonds. The summed E-state index contributed by atoms with van der Waals surface area (Å²) in [6.45, 7) is 0.661. The van der Waals surface area contributed by atoms with Gasteiger partial charge in [-0.3, -0.25) is 0 Å². The summed E-state index contributed by atoms with van der Waals surface area (Å²) >= 11 is 0. The normalized spacial score (nSPS) is 33.4. The number of rotatable bonds is 5. The van der Waals surface area contributed by atoms with Gasteiger partial charge in [-0.1, -0.05) is 60.7 Å². The zero-order valence-electron chi connectivity index (χ0n) is 15.1. The molecule has 6 atom stereocenters. The lowest BCUT2D eigenvalue weighted by molar-refractivity contribution is -0.363. The van der Waals surface area contributed by atoms with Crippen LogP contribution in [-0.2, 0) is 30.3 Å². The largest absolute Gasteiger partial charge is 0.387 e. The molecule has 0 aromatic heterocycles. The maximum atomic E-state index is 10.9. The zero-order chi connectivity index (χ0) is 18.6. The van der Waals surface area contributed by atoms with Crippen LogP contribution < -0.4 is 0 Å². The van der Waals surface area contributed by atoms with Crippen molar-refractivity contribution in [1.29, 1.82) is 0 Å². The third kappa shape index (κ3) is 4.06. The van der Waals surface area contributed by atoms with Gasteiger partial charge in [0.1, 0.15) is 24.4 Å². The first-order valence-electron chi connectivity index (χ1n) is 9.10. The molecule has 2 aliphatic heterocycles. The Bertz CT molecular complexity index is 703. The fraction of sp³-hybridized carbons (Fsp3) is 0.429. The lowest BCUT2D eigenvalue weighted by atomic mass is 9.97. The Balaban J connectivity index is 1.46. The SMILES string of the molecule is CO[C@@H]1O[C@@H]2COC(c3ccccc3)O[C@@H]2[C@H](O)[C@H]1OCc1ccccc1. The molecule has 2 saturated heterocycles. The molecule has 0 saturated carbocycles. The molecule has 6 nitrogen and oxygen atoms in total. The van der Waals surface area contributed by atoms with Crippen LogP contribution in [0.2, 0.25) is 0 Å².